The molecule has 5 heteroatoms. The van der Waals surface area contributed by atoms with Crippen molar-refractivity contribution < 1.29 is 9.59 Å². The number of Topliss-reactive ketones (excluding diaryl/α,β-unsaturated/α-hetero) is 1. The lowest BCUT2D eigenvalue weighted by Crippen LogP contribution is -2.49. The van der Waals surface area contributed by atoms with Crippen molar-refractivity contribution in [2.45, 2.75) is 79.3 Å². The van der Waals surface area contributed by atoms with Crippen LogP contribution in [0.15, 0.2) is 0 Å². The maximum atomic E-state index is 12.9. The number of hydrogen-bond acceptors (Lipinski definition) is 4. The number of carbonyl (C=O) groups is 2. The molecule has 0 aliphatic carbocycles. The molecular formula is C21H41N3O2. The molecule has 0 spiro atoms. The second-order valence-corrected chi connectivity index (χ2v) is 8.54. The highest BCUT2D eigenvalue weighted by molar-refractivity contribution is 5.82. The molecule has 0 radical (unpaired) electrons. The van der Waals surface area contributed by atoms with Crippen LogP contribution < -0.4 is 5.32 Å². The van der Waals surface area contributed by atoms with Crippen molar-refractivity contribution in [2.24, 2.45) is 11.8 Å². The number of ketones is 1. The monoisotopic (exact) mass is 367 g/mol. The van der Waals surface area contributed by atoms with Gasteiger partial charge in [0.05, 0.1) is 0 Å². The molecule has 5 nitrogen and oxygen atoms in total. The number of nitrogens with zero attached hydrogens (tertiary/aromatic N) is 2. The first-order valence-electron chi connectivity index (χ1n) is 10.5. The summed E-state index contributed by atoms with van der Waals surface area (Å²) >= 11 is 0. The van der Waals surface area contributed by atoms with Gasteiger partial charge in [0.15, 0.2) is 0 Å². The molecule has 1 atom stereocenters. The van der Waals surface area contributed by atoms with Gasteiger partial charge in [0.25, 0.3) is 0 Å². The summed E-state index contributed by atoms with van der Waals surface area (Å²) in [6.07, 6.45) is 3.16. The first kappa shape index (κ1) is 23.1. The Hall–Kier alpha value is -0.940. The van der Waals surface area contributed by atoms with Crippen molar-refractivity contribution in [3.8, 4) is 0 Å². The van der Waals surface area contributed by atoms with Crippen LogP contribution in [-0.2, 0) is 9.59 Å². The molecule has 0 bridgehead atoms. The van der Waals surface area contributed by atoms with Crippen LogP contribution >= 0.6 is 0 Å². The Bertz CT molecular complexity index is 429. The van der Waals surface area contributed by atoms with E-state index in [9.17, 15) is 9.59 Å². The average Bonchev–Trinajstić information content (AvgIpc) is 2.58. The molecule has 0 aromatic carbocycles. The molecular weight excluding hydrogens is 326 g/mol. The topological polar surface area (TPSA) is 52.6 Å². The van der Waals surface area contributed by atoms with Crippen LogP contribution in [0.25, 0.3) is 0 Å². The van der Waals surface area contributed by atoms with E-state index in [0.29, 0.717) is 31.3 Å². The lowest BCUT2D eigenvalue weighted by molar-refractivity contribution is -0.137. The summed E-state index contributed by atoms with van der Waals surface area (Å²) in [5, 5.41) is 3.30. The lowest BCUT2D eigenvalue weighted by Gasteiger charge is -2.39. The molecule has 1 unspecified atom stereocenters. The Morgan fingerprint density at radius 3 is 2.23 bits per heavy atom. The molecule has 1 aliphatic rings. The molecule has 1 N–H and O–H groups in total. The quantitative estimate of drug-likeness (QED) is 0.610. The van der Waals surface area contributed by atoms with E-state index >= 15 is 0 Å². The average molecular weight is 368 g/mol. The first-order valence-corrected chi connectivity index (χ1v) is 10.5. The molecule has 1 saturated heterocycles. The maximum absolute atomic E-state index is 12.9. The van der Waals surface area contributed by atoms with Crippen molar-refractivity contribution in [3.05, 3.63) is 0 Å². The minimum absolute atomic E-state index is 0.0933. The van der Waals surface area contributed by atoms with E-state index in [2.05, 4.69) is 44.8 Å². The fourth-order valence-electron chi connectivity index (χ4n) is 3.60. The molecule has 1 fully saturated rings. The van der Waals surface area contributed by atoms with Crippen LogP contribution in [0.4, 0.5) is 0 Å². The van der Waals surface area contributed by atoms with E-state index in [1.165, 1.54) is 0 Å². The Kier molecular flexibility index (Phi) is 10.4. The second kappa shape index (κ2) is 11.7. The van der Waals surface area contributed by atoms with Crippen molar-refractivity contribution in [1.29, 1.82) is 0 Å². The van der Waals surface area contributed by atoms with Crippen LogP contribution in [-0.4, -0.2) is 66.3 Å². The summed E-state index contributed by atoms with van der Waals surface area (Å²) < 4.78 is 0. The Labute approximate surface area is 160 Å². The lowest BCUT2D eigenvalue weighted by atomic mass is 9.97. The van der Waals surface area contributed by atoms with E-state index in [-0.39, 0.29) is 23.7 Å². The van der Waals surface area contributed by atoms with Gasteiger partial charge in [-0.1, -0.05) is 41.5 Å². The van der Waals surface area contributed by atoms with Crippen molar-refractivity contribution in [3.63, 3.8) is 0 Å². The van der Waals surface area contributed by atoms with E-state index < -0.39 is 0 Å². The number of piperidine rings is 1. The number of amides is 1. The Morgan fingerprint density at radius 1 is 1.12 bits per heavy atom. The highest BCUT2D eigenvalue weighted by Gasteiger charge is 2.30. The van der Waals surface area contributed by atoms with E-state index in [1.54, 1.807) is 0 Å². The van der Waals surface area contributed by atoms with Gasteiger partial charge >= 0.3 is 0 Å². The van der Waals surface area contributed by atoms with Gasteiger partial charge < -0.3 is 15.1 Å². The predicted molar refractivity (Wildman–Crippen MR) is 108 cm³/mol. The summed E-state index contributed by atoms with van der Waals surface area (Å²) in [5.74, 6) is 0.729. The second-order valence-electron chi connectivity index (χ2n) is 8.54. The third-order valence-corrected chi connectivity index (χ3v) is 5.29. The van der Waals surface area contributed by atoms with Gasteiger partial charge in [0, 0.05) is 57.0 Å². The van der Waals surface area contributed by atoms with Gasteiger partial charge in [0.1, 0.15) is 5.78 Å². The number of carbonyl (C=O) groups excluding carboxylic acids is 2. The molecule has 26 heavy (non-hydrogen) atoms. The normalized spacial score (nSPS) is 17.7. The van der Waals surface area contributed by atoms with Crippen LogP contribution in [0.5, 0.6) is 0 Å². The highest BCUT2D eigenvalue weighted by Crippen LogP contribution is 2.20. The Balaban J connectivity index is 2.66. The SMILES string of the molecule is CCN1CCC(N(CC(C)C(=O)CCNC(C)C)C(=O)CC(C)C)CC1. The molecule has 1 heterocycles. The zero-order valence-corrected chi connectivity index (χ0v) is 17.9. The van der Waals surface area contributed by atoms with Gasteiger partial charge in [-0.25, -0.2) is 0 Å². The summed E-state index contributed by atoms with van der Waals surface area (Å²) in [5.41, 5.74) is 0. The summed E-state index contributed by atoms with van der Waals surface area (Å²) in [6, 6.07) is 0.680. The van der Waals surface area contributed by atoms with Gasteiger partial charge in [-0.05, 0) is 25.3 Å². The largest absolute Gasteiger partial charge is 0.339 e. The predicted octanol–water partition coefficient (Wildman–Crippen LogP) is 2.94. The Morgan fingerprint density at radius 2 is 1.73 bits per heavy atom. The van der Waals surface area contributed by atoms with Gasteiger partial charge in [-0.2, -0.15) is 0 Å². The van der Waals surface area contributed by atoms with Gasteiger partial charge in [0.2, 0.25) is 5.91 Å². The number of nitrogens with one attached hydrogen (secondary N) is 1. The minimum Gasteiger partial charge on any atom is -0.339 e. The van der Waals surface area contributed by atoms with Crippen LogP contribution in [0, 0.1) is 11.8 Å². The molecule has 1 rings (SSSR count). The molecule has 1 amide bonds. The minimum atomic E-state index is -0.0933. The molecule has 152 valence electrons. The zero-order valence-electron chi connectivity index (χ0n) is 17.9. The van der Waals surface area contributed by atoms with E-state index in [0.717, 1.165) is 39.0 Å². The van der Waals surface area contributed by atoms with Gasteiger partial charge in [-0.15, -0.1) is 0 Å². The third kappa shape index (κ3) is 8.17. The van der Waals surface area contributed by atoms with Crippen LogP contribution in [0.3, 0.4) is 0 Å². The fourth-order valence-corrected chi connectivity index (χ4v) is 3.60. The van der Waals surface area contributed by atoms with Crippen molar-refractivity contribution in [1.82, 2.24) is 15.1 Å². The van der Waals surface area contributed by atoms with E-state index in [4.69, 9.17) is 0 Å². The van der Waals surface area contributed by atoms with Crippen LogP contribution in [0.2, 0.25) is 0 Å². The molecule has 0 aromatic heterocycles. The fraction of sp³-hybridized carbons (Fsp3) is 0.905. The summed E-state index contributed by atoms with van der Waals surface area (Å²) in [6.45, 7) is 17.0. The van der Waals surface area contributed by atoms with Crippen molar-refractivity contribution >= 4 is 11.7 Å². The van der Waals surface area contributed by atoms with Crippen LogP contribution in [0.1, 0.15) is 67.2 Å². The molecule has 1 aliphatic heterocycles. The highest BCUT2D eigenvalue weighted by atomic mass is 16.2. The smallest absolute Gasteiger partial charge is 0.223 e. The zero-order chi connectivity index (χ0) is 19.7. The third-order valence-electron chi connectivity index (χ3n) is 5.29. The van der Waals surface area contributed by atoms with E-state index in [1.807, 2.05) is 11.8 Å². The summed E-state index contributed by atoms with van der Waals surface area (Å²) in [4.78, 5) is 29.8. The maximum Gasteiger partial charge on any atom is 0.223 e. The molecule has 0 saturated carbocycles. The summed E-state index contributed by atoms with van der Waals surface area (Å²) in [7, 11) is 0. The molecule has 0 aromatic rings. The van der Waals surface area contributed by atoms with Gasteiger partial charge in [-0.3, -0.25) is 9.59 Å². The van der Waals surface area contributed by atoms with Crippen molar-refractivity contribution in [2.75, 3.05) is 32.7 Å². The number of likely N-dealkylation sites (tertiary alicyclic amines) is 1. The number of hydrogen-bond donors (Lipinski definition) is 1. The first-order chi connectivity index (χ1) is 12.2. The standard InChI is InChI=1S/C21H41N3O2/c1-7-23-12-9-19(10-13-23)24(21(26)14-16(2)3)15-18(6)20(25)8-11-22-17(4)5/h16-19,22H,7-15H2,1-6H3. The number of rotatable bonds is 11.